The van der Waals surface area contributed by atoms with Gasteiger partial charge in [0.25, 0.3) is 0 Å². The molecule has 2 fully saturated rings. The molecule has 5 heteroatoms. The van der Waals surface area contributed by atoms with Crippen LogP contribution < -0.4 is 4.74 Å². The maximum atomic E-state index is 12.4. The zero-order valence-electron chi connectivity index (χ0n) is 13.6. The lowest BCUT2D eigenvalue weighted by Gasteiger charge is -2.37. The van der Waals surface area contributed by atoms with Gasteiger partial charge in [0.2, 0.25) is 5.91 Å². The number of amides is 1. The highest BCUT2D eigenvalue weighted by Gasteiger charge is 2.37. The second-order valence-corrected chi connectivity index (χ2v) is 6.76. The topological polar surface area (TPSA) is 38.8 Å². The summed E-state index contributed by atoms with van der Waals surface area (Å²) >= 11 is 6.00. The van der Waals surface area contributed by atoms with E-state index in [4.69, 9.17) is 21.1 Å². The predicted octanol–water partition coefficient (Wildman–Crippen LogP) is 3.59. The van der Waals surface area contributed by atoms with Crippen LogP contribution in [0.15, 0.2) is 18.2 Å². The minimum atomic E-state index is 0.237. The molecule has 0 bridgehead atoms. The SMILES string of the molecule is Cc1cc(OCCCC(=O)N2CCO[C@H]3CCC[C@H]32)ccc1Cl. The summed E-state index contributed by atoms with van der Waals surface area (Å²) in [7, 11) is 0. The van der Waals surface area contributed by atoms with Crippen LogP contribution in [-0.2, 0) is 9.53 Å². The largest absolute Gasteiger partial charge is 0.494 e. The number of carbonyl (C=O) groups is 1. The molecule has 0 unspecified atom stereocenters. The second kappa shape index (κ2) is 7.54. The summed E-state index contributed by atoms with van der Waals surface area (Å²) in [6.07, 6.45) is 4.87. The van der Waals surface area contributed by atoms with Gasteiger partial charge in [0.1, 0.15) is 5.75 Å². The molecular weight excluding hydrogens is 314 g/mol. The summed E-state index contributed by atoms with van der Waals surface area (Å²) < 4.78 is 11.5. The Morgan fingerprint density at radius 1 is 1.43 bits per heavy atom. The predicted molar refractivity (Wildman–Crippen MR) is 90.0 cm³/mol. The summed E-state index contributed by atoms with van der Waals surface area (Å²) in [6.45, 7) is 3.91. The highest BCUT2D eigenvalue weighted by Crippen LogP contribution is 2.30. The van der Waals surface area contributed by atoms with Gasteiger partial charge in [0.05, 0.1) is 25.4 Å². The fourth-order valence-corrected chi connectivity index (χ4v) is 3.62. The Labute approximate surface area is 142 Å². The van der Waals surface area contributed by atoms with E-state index in [1.807, 2.05) is 30.0 Å². The van der Waals surface area contributed by atoms with Gasteiger partial charge in [-0.3, -0.25) is 4.79 Å². The molecule has 0 N–H and O–H groups in total. The van der Waals surface area contributed by atoms with Crippen molar-refractivity contribution < 1.29 is 14.3 Å². The number of ether oxygens (including phenoxy) is 2. The zero-order chi connectivity index (χ0) is 16.2. The maximum Gasteiger partial charge on any atom is 0.223 e. The van der Waals surface area contributed by atoms with Crippen LogP contribution in [-0.4, -0.2) is 42.7 Å². The van der Waals surface area contributed by atoms with Crippen LogP contribution in [0.2, 0.25) is 5.02 Å². The van der Waals surface area contributed by atoms with Gasteiger partial charge in [0, 0.05) is 18.0 Å². The molecule has 0 spiro atoms. The number of nitrogens with zero attached hydrogens (tertiary/aromatic N) is 1. The Morgan fingerprint density at radius 2 is 2.30 bits per heavy atom. The molecule has 3 rings (SSSR count). The van der Waals surface area contributed by atoms with Crippen LogP contribution in [0.25, 0.3) is 0 Å². The van der Waals surface area contributed by atoms with Crippen molar-refractivity contribution in [3.63, 3.8) is 0 Å². The molecule has 1 saturated heterocycles. The van der Waals surface area contributed by atoms with Gasteiger partial charge in [-0.05, 0) is 56.4 Å². The van der Waals surface area contributed by atoms with Crippen molar-refractivity contribution in [3.8, 4) is 5.75 Å². The quantitative estimate of drug-likeness (QED) is 0.771. The van der Waals surface area contributed by atoms with Crippen molar-refractivity contribution in [2.45, 2.75) is 51.2 Å². The number of carbonyl (C=O) groups excluding carboxylic acids is 1. The standard InChI is InChI=1S/C18H24ClNO3/c1-13-12-14(7-8-15(13)19)22-10-3-6-18(21)20-9-11-23-17-5-2-4-16(17)20/h7-8,12,16-17H,2-6,9-11H2,1H3/t16-,17+/m1/s1. The number of rotatable bonds is 5. The van der Waals surface area contributed by atoms with Gasteiger partial charge >= 0.3 is 0 Å². The number of hydrogen-bond acceptors (Lipinski definition) is 3. The molecule has 1 saturated carbocycles. The third-order valence-corrected chi connectivity index (χ3v) is 5.16. The molecule has 2 aliphatic rings. The number of fused-ring (bicyclic) bond motifs is 1. The zero-order valence-corrected chi connectivity index (χ0v) is 14.3. The third-order valence-electron chi connectivity index (χ3n) is 4.74. The molecule has 1 aliphatic heterocycles. The average molecular weight is 338 g/mol. The molecule has 1 aromatic carbocycles. The first-order valence-corrected chi connectivity index (χ1v) is 8.83. The van der Waals surface area contributed by atoms with Crippen LogP contribution in [0.4, 0.5) is 0 Å². The summed E-state index contributed by atoms with van der Waals surface area (Å²) in [6, 6.07) is 5.93. The van der Waals surface area contributed by atoms with Gasteiger partial charge in [-0.15, -0.1) is 0 Å². The normalized spacial score (nSPS) is 23.7. The number of hydrogen-bond donors (Lipinski definition) is 0. The lowest BCUT2D eigenvalue weighted by Crippen LogP contribution is -2.51. The summed E-state index contributed by atoms with van der Waals surface area (Å²) in [5.41, 5.74) is 1.00. The Morgan fingerprint density at radius 3 is 3.13 bits per heavy atom. The molecule has 126 valence electrons. The van der Waals surface area contributed by atoms with Crippen molar-refractivity contribution in [3.05, 3.63) is 28.8 Å². The van der Waals surface area contributed by atoms with E-state index in [1.54, 1.807) is 0 Å². The Kier molecular flexibility index (Phi) is 5.44. The van der Waals surface area contributed by atoms with E-state index in [0.29, 0.717) is 25.7 Å². The van der Waals surface area contributed by atoms with Crippen molar-refractivity contribution in [1.29, 1.82) is 0 Å². The Balaban J connectivity index is 1.43. The van der Waals surface area contributed by atoms with Gasteiger partial charge in [0.15, 0.2) is 0 Å². The number of aryl methyl sites for hydroxylation is 1. The number of morpholine rings is 1. The lowest BCUT2D eigenvalue weighted by molar-refractivity contribution is -0.144. The number of halogens is 1. The molecule has 1 heterocycles. The van der Waals surface area contributed by atoms with Crippen molar-refractivity contribution in [2.75, 3.05) is 19.8 Å². The first kappa shape index (κ1) is 16.6. The molecule has 1 aromatic rings. The van der Waals surface area contributed by atoms with Crippen LogP contribution in [0.5, 0.6) is 5.75 Å². The minimum absolute atomic E-state index is 0.237. The lowest BCUT2D eigenvalue weighted by atomic mass is 10.1. The van der Waals surface area contributed by atoms with E-state index in [-0.39, 0.29) is 12.0 Å². The third kappa shape index (κ3) is 3.99. The molecular formula is C18H24ClNO3. The van der Waals surface area contributed by atoms with Crippen molar-refractivity contribution in [2.24, 2.45) is 0 Å². The molecule has 0 radical (unpaired) electrons. The first-order chi connectivity index (χ1) is 11.1. The second-order valence-electron chi connectivity index (χ2n) is 6.36. The van der Waals surface area contributed by atoms with Gasteiger partial charge < -0.3 is 14.4 Å². The molecule has 2 atom stereocenters. The fraction of sp³-hybridized carbons (Fsp3) is 0.611. The van der Waals surface area contributed by atoms with Gasteiger partial charge in [-0.1, -0.05) is 11.6 Å². The summed E-state index contributed by atoms with van der Waals surface area (Å²) in [5, 5.41) is 0.742. The molecule has 0 aromatic heterocycles. The highest BCUT2D eigenvalue weighted by molar-refractivity contribution is 6.31. The smallest absolute Gasteiger partial charge is 0.223 e. The monoisotopic (exact) mass is 337 g/mol. The van der Waals surface area contributed by atoms with Crippen molar-refractivity contribution in [1.82, 2.24) is 4.90 Å². The molecule has 23 heavy (non-hydrogen) atoms. The van der Waals surface area contributed by atoms with E-state index < -0.39 is 0 Å². The molecule has 4 nitrogen and oxygen atoms in total. The van der Waals surface area contributed by atoms with Gasteiger partial charge in [-0.2, -0.15) is 0 Å². The van der Waals surface area contributed by atoms with Crippen LogP contribution in [0, 0.1) is 6.92 Å². The van der Waals surface area contributed by atoms with E-state index in [2.05, 4.69) is 0 Å². The van der Waals surface area contributed by atoms with E-state index >= 15 is 0 Å². The summed E-state index contributed by atoms with van der Waals surface area (Å²) in [4.78, 5) is 14.5. The van der Waals surface area contributed by atoms with Gasteiger partial charge in [-0.25, -0.2) is 0 Å². The van der Waals surface area contributed by atoms with E-state index in [1.165, 1.54) is 0 Å². The van der Waals surface area contributed by atoms with E-state index in [0.717, 1.165) is 48.6 Å². The Bertz CT molecular complexity index is 563. The van der Waals surface area contributed by atoms with Crippen molar-refractivity contribution >= 4 is 17.5 Å². The average Bonchev–Trinajstić information content (AvgIpc) is 3.03. The highest BCUT2D eigenvalue weighted by atomic mass is 35.5. The Hall–Kier alpha value is -1.26. The maximum absolute atomic E-state index is 12.4. The minimum Gasteiger partial charge on any atom is -0.494 e. The molecule has 1 amide bonds. The first-order valence-electron chi connectivity index (χ1n) is 8.45. The fourth-order valence-electron chi connectivity index (χ4n) is 3.50. The van der Waals surface area contributed by atoms with Crippen LogP contribution in [0.1, 0.15) is 37.7 Å². The van der Waals surface area contributed by atoms with E-state index in [9.17, 15) is 4.79 Å². The van der Waals surface area contributed by atoms with Crippen LogP contribution in [0.3, 0.4) is 0 Å². The number of benzene rings is 1. The molecule has 1 aliphatic carbocycles. The van der Waals surface area contributed by atoms with Crippen LogP contribution >= 0.6 is 11.6 Å². The summed E-state index contributed by atoms with van der Waals surface area (Å²) in [5.74, 6) is 1.04.